The Morgan fingerprint density at radius 1 is 1.26 bits per heavy atom. The van der Waals surface area contributed by atoms with Gasteiger partial charge in [0, 0.05) is 5.56 Å². The van der Waals surface area contributed by atoms with Crippen LogP contribution in [0.3, 0.4) is 0 Å². The Labute approximate surface area is 115 Å². The summed E-state index contributed by atoms with van der Waals surface area (Å²) in [5.74, 6) is 1.87. The van der Waals surface area contributed by atoms with Crippen molar-refractivity contribution in [2.75, 3.05) is 19.7 Å². The highest BCUT2D eigenvalue weighted by molar-refractivity contribution is 5.38. The molecule has 2 aliphatic rings. The first-order valence-electron chi connectivity index (χ1n) is 7.51. The fourth-order valence-corrected chi connectivity index (χ4v) is 3.40. The van der Waals surface area contributed by atoms with Crippen molar-refractivity contribution in [3.8, 4) is 5.75 Å². The van der Waals surface area contributed by atoms with Gasteiger partial charge in [-0.3, -0.25) is 4.90 Å². The average Bonchev–Trinajstić information content (AvgIpc) is 2.48. The number of para-hydroxylation sites is 1. The van der Waals surface area contributed by atoms with Crippen molar-refractivity contribution < 1.29 is 4.74 Å². The van der Waals surface area contributed by atoms with E-state index in [0.29, 0.717) is 6.04 Å². The molecular weight excluding hydrogens is 236 g/mol. The summed E-state index contributed by atoms with van der Waals surface area (Å²) in [6.45, 7) is 5.37. The Kier molecular flexibility index (Phi) is 3.76. The highest BCUT2D eigenvalue weighted by atomic mass is 16.5. The van der Waals surface area contributed by atoms with E-state index in [0.717, 1.165) is 23.8 Å². The fourth-order valence-electron chi connectivity index (χ4n) is 3.40. The van der Waals surface area contributed by atoms with Gasteiger partial charge in [-0.25, -0.2) is 0 Å². The molecule has 2 aliphatic heterocycles. The second kappa shape index (κ2) is 5.51. The molecule has 0 amide bonds. The molecule has 0 radical (unpaired) electrons. The molecule has 1 aromatic carbocycles. The molecule has 0 aromatic heterocycles. The third-order valence-corrected chi connectivity index (χ3v) is 4.80. The van der Waals surface area contributed by atoms with Crippen molar-refractivity contribution in [3.63, 3.8) is 0 Å². The number of rotatable bonds is 2. The van der Waals surface area contributed by atoms with Gasteiger partial charge in [-0.05, 0) is 37.9 Å². The first kappa shape index (κ1) is 12.9. The van der Waals surface area contributed by atoms with Crippen LogP contribution >= 0.6 is 0 Å². The van der Waals surface area contributed by atoms with Crippen molar-refractivity contribution in [2.24, 2.45) is 11.7 Å². The Balaban J connectivity index is 1.71. The summed E-state index contributed by atoms with van der Waals surface area (Å²) in [5.41, 5.74) is 7.63. The van der Waals surface area contributed by atoms with E-state index in [9.17, 15) is 0 Å². The van der Waals surface area contributed by atoms with Gasteiger partial charge in [-0.15, -0.1) is 0 Å². The Bertz CT molecular complexity index is 427. The van der Waals surface area contributed by atoms with E-state index in [-0.39, 0.29) is 6.04 Å². The molecule has 1 saturated heterocycles. The van der Waals surface area contributed by atoms with Gasteiger partial charge in [0.25, 0.3) is 0 Å². The molecule has 1 aromatic rings. The smallest absolute Gasteiger partial charge is 0.124 e. The predicted molar refractivity (Wildman–Crippen MR) is 77.2 cm³/mol. The van der Waals surface area contributed by atoms with Crippen molar-refractivity contribution in [1.29, 1.82) is 0 Å². The van der Waals surface area contributed by atoms with Gasteiger partial charge in [-0.2, -0.15) is 0 Å². The predicted octanol–water partition coefficient (Wildman–Crippen LogP) is 2.57. The average molecular weight is 260 g/mol. The number of nitrogens with zero attached hydrogens (tertiary/aromatic N) is 1. The van der Waals surface area contributed by atoms with Crippen LogP contribution in [0.5, 0.6) is 5.75 Å². The topological polar surface area (TPSA) is 38.5 Å². The lowest BCUT2D eigenvalue weighted by Gasteiger charge is -2.42. The maximum Gasteiger partial charge on any atom is 0.124 e. The minimum Gasteiger partial charge on any atom is -0.492 e. The van der Waals surface area contributed by atoms with E-state index in [1.165, 1.54) is 32.4 Å². The van der Waals surface area contributed by atoms with Crippen LogP contribution in [0.1, 0.15) is 37.8 Å². The van der Waals surface area contributed by atoms with Gasteiger partial charge >= 0.3 is 0 Å². The van der Waals surface area contributed by atoms with Crippen LogP contribution in [-0.4, -0.2) is 30.6 Å². The van der Waals surface area contributed by atoms with Crippen molar-refractivity contribution in [3.05, 3.63) is 29.8 Å². The molecule has 3 rings (SSSR count). The van der Waals surface area contributed by atoms with Gasteiger partial charge < -0.3 is 10.5 Å². The third-order valence-electron chi connectivity index (χ3n) is 4.80. The molecule has 104 valence electrons. The lowest BCUT2D eigenvalue weighted by atomic mass is 9.90. The van der Waals surface area contributed by atoms with E-state index in [1.54, 1.807) is 0 Å². The van der Waals surface area contributed by atoms with E-state index >= 15 is 0 Å². The van der Waals surface area contributed by atoms with Crippen LogP contribution in [0.15, 0.2) is 24.3 Å². The van der Waals surface area contributed by atoms with E-state index in [1.807, 2.05) is 18.2 Å². The summed E-state index contributed by atoms with van der Waals surface area (Å²) in [5, 5.41) is 0. The van der Waals surface area contributed by atoms with Gasteiger partial charge in [-0.1, -0.05) is 31.5 Å². The second-order valence-electron chi connectivity index (χ2n) is 5.83. The quantitative estimate of drug-likeness (QED) is 0.888. The zero-order valence-corrected chi connectivity index (χ0v) is 11.7. The lowest BCUT2D eigenvalue weighted by molar-refractivity contribution is 0.0662. The summed E-state index contributed by atoms with van der Waals surface area (Å²) < 4.78 is 5.89. The molecule has 2 heterocycles. The zero-order valence-electron chi connectivity index (χ0n) is 11.7. The van der Waals surface area contributed by atoms with Crippen LogP contribution in [0.25, 0.3) is 0 Å². The number of fused-ring (bicyclic) bond motifs is 1. The first-order chi connectivity index (χ1) is 9.29. The first-order valence-corrected chi connectivity index (χ1v) is 7.51. The van der Waals surface area contributed by atoms with E-state index < -0.39 is 0 Å². The standard InChI is InChI=1S/C16H24N2O/c1-2-12-7-9-18(10-8-12)14-11-19-15-6-4-3-5-13(15)16(14)17/h3-6,12,14,16H,2,7-11,17H2,1H3. The third kappa shape index (κ3) is 2.49. The summed E-state index contributed by atoms with van der Waals surface area (Å²) >= 11 is 0. The van der Waals surface area contributed by atoms with Crippen LogP contribution in [0, 0.1) is 5.92 Å². The number of piperidine rings is 1. The summed E-state index contributed by atoms with van der Waals surface area (Å²) in [7, 11) is 0. The minimum absolute atomic E-state index is 0.0862. The maximum absolute atomic E-state index is 6.47. The van der Waals surface area contributed by atoms with Crippen molar-refractivity contribution >= 4 is 0 Å². The molecule has 0 aliphatic carbocycles. The van der Waals surface area contributed by atoms with Gasteiger partial charge in [0.2, 0.25) is 0 Å². The van der Waals surface area contributed by atoms with Gasteiger partial charge in [0.1, 0.15) is 12.4 Å². The summed E-state index contributed by atoms with van der Waals surface area (Å²) in [6.07, 6.45) is 3.92. The normalized spacial score (nSPS) is 28.7. The molecule has 3 heteroatoms. The SMILES string of the molecule is CCC1CCN(C2COc3ccccc3C2N)CC1. The molecule has 3 nitrogen and oxygen atoms in total. The molecular formula is C16H24N2O. The van der Waals surface area contributed by atoms with Crippen LogP contribution in [0.4, 0.5) is 0 Å². The molecule has 0 spiro atoms. The summed E-state index contributed by atoms with van der Waals surface area (Å²) in [6, 6.07) is 8.61. The molecule has 1 fully saturated rings. The maximum atomic E-state index is 6.47. The van der Waals surface area contributed by atoms with Gasteiger partial charge in [0.05, 0.1) is 12.1 Å². The highest BCUT2D eigenvalue weighted by Crippen LogP contribution is 2.34. The lowest BCUT2D eigenvalue weighted by Crippen LogP contribution is -2.51. The highest BCUT2D eigenvalue weighted by Gasteiger charge is 2.34. The molecule has 2 N–H and O–H groups in total. The number of benzene rings is 1. The molecule has 0 bridgehead atoms. The molecule has 0 saturated carbocycles. The number of nitrogens with two attached hydrogens (primary N) is 1. The molecule has 19 heavy (non-hydrogen) atoms. The van der Waals surface area contributed by atoms with Crippen LogP contribution in [-0.2, 0) is 0 Å². The Morgan fingerprint density at radius 2 is 2.00 bits per heavy atom. The largest absolute Gasteiger partial charge is 0.492 e. The zero-order chi connectivity index (χ0) is 13.2. The van der Waals surface area contributed by atoms with Crippen molar-refractivity contribution in [1.82, 2.24) is 4.90 Å². The van der Waals surface area contributed by atoms with Crippen LogP contribution < -0.4 is 10.5 Å². The van der Waals surface area contributed by atoms with E-state index in [4.69, 9.17) is 10.5 Å². The number of hydrogen-bond acceptors (Lipinski definition) is 3. The Morgan fingerprint density at radius 3 is 2.74 bits per heavy atom. The molecule has 2 atom stereocenters. The monoisotopic (exact) mass is 260 g/mol. The molecule has 2 unspecified atom stereocenters. The second-order valence-corrected chi connectivity index (χ2v) is 5.83. The number of likely N-dealkylation sites (tertiary alicyclic amines) is 1. The number of ether oxygens (including phenoxy) is 1. The van der Waals surface area contributed by atoms with Gasteiger partial charge in [0.15, 0.2) is 0 Å². The van der Waals surface area contributed by atoms with Crippen LogP contribution in [0.2, 0.25) is 0 Å². The van der Waals surface area contributed by atoms with Crippen molar-refractivity contribution in [2.45, 2.75) is 38.3 Å². The Hall–Kier alpha value is -1.06. The summed E-state index contributed by atoms with van der Waals surface area (Å²) in [4.78, 5) is 2.53. The minimum atomic E-state index is 0.0862. The fraction of sp³-hybridized carbons (Fsp3) is 0.625. The number of hydrogen-bond donors (Lipinski definition) is 1. The van der Waals surface area contributed by atoms with E-state index in [2.05, 4.69) is 17.9 Å².